The van der Waals surface area contributed by atoms with Gasteiger partial charge >= 0.3 is 6.08 Å². The van der Waals surface area contributed by atoms with Crippen LogP contribution in [0, 0.1) is 0 Å². The molecule has 28 heavy (non-hydrogen) atoms. The third-order valence-electron chi connectivity index (χ3n) is 4.69. The average molecular weight is 382 g/mol. The van der Waals surface area contributed by atoms with Crippen molar-refractivity contribution in [3.05, 3.63) is 41.8 Å². The first-order chi connectivity index (χ1) is 13.0. The zero-order valence-electron chi connectivity index (χ0n) is 16.1. The minimum atomic E-state index is -1.10. The Kier molecular flexibility index (Phi) is 3.80. The van der Waals surface area contributed by atoms with Crippen LogP contribution < -0.4 is 16.2 Å². The Morgan fingerprint density at radius 3 is 2.36 bits per heavy atom. The van der Waals surface area contributed by atoms with E-state index in [1.807, 2.05) is 13.8 Å². The van der Waals surface area contributed by atoms with Crippen LogP contribution in [0.5, 0.6) is 6.08 Å². The smallest absolute Gasteiger partial charge is 0.395 e. The molecule has 8 nitrogen and oxygen atoms in total. The molecule has 8 heteroatoms. The number of nitrogen functional groups attached to an aromatic ring is 2. The van der Waals surface area contributed by atoms with Crippen LogP contribution in [-0.4, -0.2) is 15.1 Å². The number of aliphatic hydroxyl groups is 1. The fourth-order valence-electron chi connectivity index (χ4n) is 3.26. The summed E-state index contributed by atoms with van der Waals surface area (Å²) in [6.07, 6.45) is 1.44. The molecule has 2 aromatic carbocycles. The first kappa shape index (κ1) is 18.1. The van der Waals surface area contributed by atoms with Crippen LogP contribution in [-0.2, 0) is 11.2 Å². The molecule has 2 heterocycles. The van der Waals surface area contributed by atoms with Gasteiger partial charge in [0, 0.05) is 28.6 Å². The Morgan fingerprint density at radius 1 is 0.929 bits per heavy atom. The number of fused-ring (bicyclic) bond motifs is 2. The average Bonchev–Trinajstić information content (AvgIpc) is 3.16. The van der Waals surface area contributed by atoms with Gasteiger partial charge in [0.1, 0.15) is 16.6 Å². The number of oxazole rings is 2. The van der Waals surface area contributed by atoms with Gasteiger partial charge in [-0.3, -0.25) is 0 Å². The molecule has 0 saturated carbocycles. The highest BCUT2D eigenvalue weighted by molar-refractivity contribution is 5.80. The molecule has 4 rings (SSSR count). The van der Waals surface area contributed by atoms with Crippen LogP contribution in [0.15, 0.2) is 39.5 Å². The zero-order chi connectivity index (χ0) is 20.3. The maximum Gasteiger partial charge on any atom is 0.395 e. The van der Waals surface area contributed by atoms with Gasteiger partial charge < -0.3 is 30.1 Å². The van der Waals surface area contributed by atoms with Gasteiger partial charge in [-0.1, -0.05) is 0 Å². The summed E-state index contributed by atoms with van der Waals surface area (Å²) in [7, 11) is 0. The van der Waals surface area contributed by atoms with Crippen LogP contribution >= 0.6 is 0 Å². The largest absolute Gasteiger partial charge is 0.443 e. The molecule has 2 aromatic heterocycles. The van der Waals surface area contributed by atoms with Gasteiger partial charge in [0.25, 0.3) is 0 Å². The summed E-state index contributed by atoms with van der Waals surface area (Å²) >= 11 is 0. The third kappa shape index (κ3) is 3.01. The fraction of sp³-hybridized carbons (Fsp3) is 0.300. The van der Waals surface area contributed by atoms with Gasteiger partial charge in [-0.25, -0.2) is 4.98 Å². The number of anilines is 2. The lowest BCUT2D eigenvalue weighted by Gasteiger charge is -2.25. The molecule has 0 bridgehead atoms. The van der Waals surface area contributed by atoms with Gasteiger partial charge in [-0.05, 0) is 45.9 Å². The number of aromatic nitrogens is 2. The van der Waals surface area contributed by atoms with E-state index in [-0.39, 0.29) is 6.08 Å². The molecular weight excluding hydrogens is 360 g/mol. The van der Waals surface area contributed by atoms with Crippen LogP contribution in [0.25, 0.3) is 22.2 Å². The maximum absolute atomic E-state index is 10.3. The number of ether oxygens (including phenoxy) is 1. The molecule has 146 valence electrons. The molecule has 0 amide bonds. The second-order valence-electron chi connectivity index (χ2n) is 7.82. The molecule has 0 aliphatic heterocycles. The van der Waals surface area contributed by atoms with E-state index in [4.69, 9.17) is 25.0 Å². The molecule has 0 spiro atoms. The molecule has 4 aromatic rings. The van der Waals surface area contributed by atoms with Gasteiger partial charge in [-0.2, -0.15) is 4.98 Å². The normalized spacial score (nSPS) is 12.8. The number of rotatable bonds is 4. The predicted octanol–water partition coefficient (Wildman–Crippen LogP) is 3.67. The quantitative estimate of drug-likeness (QED) is 0.455. The second-order valence-corrected chi connectivity index (χ2v) is 7.82. The summed E-state index contributed by atoms with van der Waals surface area (Å²) in [6.45, 7) is 7.03. The highest BCUT2D eigenvalue weighted by atomic mass is 16.6. The molecule has 0 fully saturated rings. The maximum atomic E-state index is 10.3. The summed E-state index contributed by atoms with van der Waals surface area (Å²) in [6, 6.07) is 6.86. The van der Waals surface area contributed by atoms with Crippen molar-refractivity contribution >= 4 is 33.6 Å². The number of benzene rings is 2. The lowest BCUT2D eigenvalue weighted by Crippen LogP contribution is -2.26. The topological polar surface area (TPSA) is 134 Å². The van der Waals surface area contributed by atoms with Crippen molar-refractivity contribution in [3.63, 3.8) is 0 Å². The van der Waals surface area contributed by atoms with E-state index >= 15 is 0 Å². The molecule has 0 unspecified atom stereocenters. The van der Waals surface area contributed by atoms with Crippen molar-refractivity contribution in [1.29, 1.82) is 0 Å². The Morgan fingerprint density at radius 2 is 1.64 bits per heavy atom. The van der Waals surface area contributed by atoms with Crippen molar-refractivity contribution in [2.24, 2.45) is 0 Å². The van der Waals surface area contributed by atoms with Crippen molar-refractivity contribution < 1.29 is 18.7 Å². The summed E-state index contributed by atoms with van der Waals surface area (Å²) in [5, 5.41) is 10.3. The SMILES string of the molecule is CC(C)(O)c1cc2nc(OC(C)(C)c3cc4ocnc4cc3N)oc2cc1N. The van der Waals surface area contributed by atoms with Gasteiger partial charge in [0.2, 0.25) is 0 Å². The van der Waals surface area contributed by atoms with Crippen LogP contribution in [0.3, 0.4) is 0 Å². The molecule has 5 N–H and O–H groups in total. The van der Waals surface area contributed by atoms with E-state index in [1.54, 1.807) is 38.1 Å². The molecular formula is C20H22N4O4. The molecule has 0 aliphatic rings. The van der Waals surface area contributed by atoms with Crippen molar-refractivity contribution in [1.82, 2.24) is 9.97 Å². The first-order valence-corrected chi connectivity index (χ1v) is 8.80. The Hall–Kier alpha value is -3.26. The van der Waals surface area contributed by atoms with Gasteiger partial charge in [0.05, 0.1) is 5.60 Å². The highest BCUT2D eigenvalue weighted by Gasteiger charge is 2.29. The minimum Gasteiger partial charge on any atom is -0.443 e. The molecule has 0 atom stereocenters. The van der Waals surface area contributed by atoms with Crippen molar-refractivity contribution in [2.45, 2.75) is 38.9 Å². The zero-order valence-corrected chi connectivity index (χ0v) is 16.1. The lowest BCUT2D eigenvalue weighted by atomic mass is 9.96. The minimum absolute atomic E-state index is 0.0735. The predicted molar refractivity (Wildman–Crippen MR) is 106 cm³/mol. The number of hydrogen-bond donors (Lipinski definition) is 3. The third-order valence-corrected chi connectivity index (χ3v) is 4.69. The van der Waals surface area contributed by atoms with E-state index < -0.39 is 11.2 Å². The lowest BCUT2D eigenvalue weighted by molar-refractivity contribution is 0.0711. The molecule has 0 saturated heterocycles. The van der Waals surface area contributed by atoms with E-state index in [0.29, 0.717) is 39.1 Å². The Labute approximate surface area is 161 Å². The fourth-order valence-corrected chi connectivity index (χ4v) is 3.26. The Balaban J connectivity index is 1.72. The number of nitrogens with two attached hydrogens (primary N) is 2. The van der Waals surface area contributed by atoms with E-state index in [2.05, 4.69) is 9.97 Å². The number of nitrogens with zero attached hydrogens (tertiary/aromatic N) is 2. The summed E-state index contributed by atoms with van der Waals surface area (Å²) in [4.78, 5) is 8.49. The van der Waals surface area contributed by atoms with Crippen molar-refractivity contribution in [2.75, 3.05) is 11.5 Å². The van der Waals surface area contributed by atoms with Crippen molar-refractivity contribution in [3.8, 4) is 6.08 Å². The van der Waals surface area contributed by atoms with Crippen LogP contribution in [0.4, 0.5) is 11.4 Å². The van der Waals surface area contributed by atoms with Crippen LogP contribution in [0.1, 0.15) is 38.8 Å². The van der Waals surface area contributed by atoms with E-state index in [0.717, 1.165) is 5.56 Å². The monoisotopic (exact) mass is 382 g/mol. The summed E-state index contributed by atoms with van der Waals surface area (Å²) < 4.78 is 17.1. The standard InChI is InChI=1S/C20H22N4O4/c1-19(2,25)10-5-15-17(8-13(10)22)27-18(24-15)28-20(3,4)11-6-16-14(7-12(11)21)23-9-26-16/h5-9,25H,21-22H2,1-4H3. The first-order valence-electron chi connectivity index (χ1n) is 8.80. The summed E-state index contributed by atoms with van der Waals surface area (Å²) in [5.74, 6) is 0. The highest BCUT2D eigenvalue weighted by Crippen LogP contribution is 2.36. The van der Waals surface area contributed by atoms with Gasteiger partial charge in [-0.15, -0.1) is 0 Å². The summed E-state index contributed by atoms with van der Waals surface area (Å²) in [5.41, 5.74) is 14.8. The second kappa shape index (κ2) is 5.87. The number of hydrogen-bond acceptors (Lipinski definition) is 8. The van der Waals surface area contributed by atoms with Crippen LogP contribution in [0.2, 0.25) is 0 Å². The Bertz CT molecular complexity index is 1180. The van der Waals surface area contributed by atoms with E-state index in [9.17, 15) is 5.11 Å². The molecule has 0 aliphatic carbocycles. The van der Waals surface area contributed by atoms with Gasteiger partial charge in [0.15, 0.2) is 17.6 Å². The molecule has 0 radical (unpaired) electrons. The van der Waals surface area contributed by atoms with E-state index in [1.165, 1.54) is 6.39 Å².